The van der Waals surface area contributed by atoms with Gasteiger partial charge in [-0.3, -0.25) is 0 Å². The fourth-order valence-electron chi connectivity index (χ4n) is 3.15. The number of nitrogens with zero attached hydrogens (tertiary/aromatic N) is 2. The van der Waals surface area contributed by atoms with Crippen molar-refractivity contribution in [3.8, 4) is 0 Å². The molecular weight excluding hydrogens is 313 g/mol. The van der Waals surface area contributed by atoms with E-state index in [0.717, 1.165) is 12.5 Å². The van der Waals surface area contributed by atoms with Crippen molar-refractivity contribution in [3.05, 3.63) is 29.0 Å². The Hall–Kier alpha value is -2.02. The summed E-state index contributed by atoms with van der Waals surface area (Å²) in [6.45, 7) is 1.29. The second-order valence-corrected chi connectivity index (χ2v) is 5.99. The minimum absolute atomic E-state index is 0.0611. The van der Waals surface area contributed by atoms with Crippen LogP contribution in [0.2, 0.25) is 5.02 Å². The molecule has 118 valence electrons. The number of rotatable bonds is 1. The molecule has 2 aliphatic rings. The van der Waals surface area contributed by atoms with Crippen LogP contribution in [0.1, 0.15) is 6.42 Å². The molecule has 6 nitrogen and oxygen atoms in total. The van der Waals surface area contributed by atoms with E-state index in [-0.39, 0.29) is 22.7 Å². The smallest absolute Gasteiger partial charge is 0.407 e. The summed E-state index contributed by atoms with van der Waals surface area (Å²) >= 11 is 5.68. The Morgan fingerprint density at radius 2 is 2.14 bits per heavy atom. The Morgan fingerprint density at radius 1 is 1.36 bits per heavy atom. The maximum absolute atomic E-state index is 13.7. The highest BCUT2D eigenvalue weighted by Gasteiger charge is 2.44. The number of anilines is 1. The molecule has 2 N–H and O–H groups in total. The first-order valence-corrected chi connectivity index (χ1v) is 7.34. The van der Waals surface area contributed by atoms with Crippen LogP contribution in [0, 0.1) is 11.7 Å². The fraction of sp³-hybridized carbons (Fsp3) is 0.429. The van der Waals surface area contributed by atoms with Crippen molar-refractivity contribution in [2.75, 3.05) is 25.0 Å². The molecule has 0 spiro atoms. The molecule has 0 bridgehead atoms. The minimum atomic E-state index is -0.974. The molecule has 0 radical (unpaired) electrons. The third-order valence-electron chi connectivity index (χ3n) is 4.25. The second-order valence-electron chi connectivity index (χ2n) is 5.55. The molecular formula is C14H15ClFN3O3. The lowest BCUT2D eigenvalue weighted by molar-refractivity contribution is 0.148. The van der Waals surface area contributed by atoms with Gasteiger partial charge in [-0.15, -0.1) is 0 Å². The highest BCUT2D eigenvalue weighted by atomic mass is 35.5. The largest absolute Gasteiger partial charge is 0.465 e. The van der Waals surface area contributed by atoms with E-state index in [9.17, 15) is 14.0 Å². The van der Waals surface area contributed by atoms with Gasteiger partial charge in [-0.2, -0.15) is 0 Å². The van der Waals surface area contributed by atoms with Crippen molar-refractivity contribution < 1.29 is 19.1 Å². The van der Waals surface area contributed by atoms with Gasteiger partial charge >= 0.3 is 12.1 Å². The van der Waals surface area contributed by atoms with Crippen LogP contribution in [0.4, 0.5) is 19.7 Å². The summed E-state index contributed by atoms with van der Waals surface area (Å²) in [7, 11) is 0. The van der Waals surface area contributed by atoms with Gasteiger partial charge < -0.3 is 20.2 Å². The minimum Gasteiger partial charge on any atom is -0.465 e. The van der Waals surface area contributed by atoms with Gasteiger partial charge in [-0.25, -0.2) is 14.0 Å². The Balaban J connectivity index is 1.69. The molecule has 8 heteroatoms. The number of amides is 3. The van der Waals surface area contributed by atoms with E-state index in [4.69, 9.17) is 16.7 Å². The zero-order chi connectivity index (χ0) is 15.9. The monoisotopic (exact) mass is 327 g/mol. The predicted molar refractivity (Wildman–Crippen MR) is 78.6 cm³/mol. The molecule has 0 unspecified atom stereocenters. The predicted octanol–water partition coefficient (Wildman–Crippen LogP) is 2.70. The summed E-state index contributed by atoms with van der Waals surface area (Å²) in [4.78, 5) is 26.2. The van der Waals surface area contributed by atoms with E-state index in [0.29, 0.717) is 19.6 Å². The summed E-state index contributed by atoms with van der Waals surface area (Å²) in [5, 5.41) is 11.8. The number of carboxylic acid groups (broad SMARTS) is 1. The number of hydrogen-bond acceptors (Lipinski definition) is 2. The topological polar surface area (TPSA) is 72.9 Å². The van der Waals surface area contributed by atoms with Gasteiger partial charge in [0.1, 0.15) is 5.82 Å². The average Bonchev–Trinajstić information content (AvgIpc) is 3.01. The molecule has 0 aliphatic carbocycles. The van der Waals surface area contributed by atoms with E-state index in [1.807, 2.05) is 0 Å². The van der Waals surface area contributed by atoms with Crippen molar-refractivity contribution >= 4 is 29.4 Å². The molecule has 0 aromatic heterocycles. The van der Waals surface area contributed by atoms with Crippen LogP contribution in [0.5, 0.6) is 0 Å². The van der Waals surface area contributed by atoms with Gasteiger partial charge in [0.15, 0.2) is 0 Å². The molecule has 0 saturated carbocycles. The van der Waals surface area contributed by atoms with Crippen molar-refractivity contribution in [1.82, 2.24) is 9.80 Å². The quantitative estimate of drug-likeness (QED) is 0.833. The Bertz CT molecular complexity index is 627. The summed E-state index contributed by atoms with van der Waals surface area (Å²) < 4.78 is 13.7. The summed E-state index contributed by atoms with van der Waals surface area (Å²) in [5.74, 6) is -0.452. The molecule has 3 rings (SSSR count). The SMILES string of the molecule is O=C(O)N1C[C@H]2CCN(C(=O)Nc3ccc(Cl)cc3F)[C@H]2C1. The number of likely N-dealkylation sites (tertiary alicyclic amines) is 2. The highest BCUT2D eigenvalue weighted by Crippen LogP contribution is 2.32. The molecule has 1 aromatic carbocycles. The number of carbonyl (C=O) groups is 2. The number of carbonyl (C=O) groups excluding carboxylic acids is 1. The lowest BCUT2D eigenvalue weighted by Crippen LogP contribution is -2.42. The molecule has 3 amide bonds. The van der Waals surface area contributed by atoms with Gasteiger partial charge in [-0.1, -0.05) is 11.6 Å². The first kappa shape index (κ1) is 14.9. The van der Waals surface area contributed by atoms with Crippen LogP contribution in [0.25, 0.3) is 0 Å². The zero-order valence-electron chi connectivity index (χ0n) is 11.6. The van der Waals surface area contributed by atoms with Gasteiger partial charge in [0.2, 0.25) is 0 Å². The summed E-state index contributed by atoms with van der Waals surface area (Å²) in [5.41, 5.74) is 0.0611. The number of benzene rings is 1. The number of urea groups is 1. The van der Waals surface area contributed by atoms with E-state index in [1.54, 1.807) is 4.90 Å². The maximum Gasteiger partial charge on any atom is 0.407 e. The van der Waals surface area contributed by atoms with Crippen LogP contribution in [-0.2, 0) is 0 Å². The lowest BCUT2D eigenvalue weighted by atomic mass is 10.1. The third-order valence-corrected chi connectivity index (χ3v) is 4.49. The van der Waals surface area contributed by atoms with Crippen molar-refractivity contribution in [2.24, 2.45) is 5.92 Å². The average molecular weight is 328 g/mol. The zero-order valence-corrected chi connectivity index (χ0v) is 12.4. The van der Waals surface area contributed by atoms with Crippen LogP contribution in [-0.4, -0.2) is 52.7 Å². The van der Waals surface area contributed by atoms with Crippen molar-refractivity contribution in [2.45, 2.75) is 12.5 Å². The lowest BCUT2D eigenvalue weighted by Gasteiger charge is -2.24. The standard InChI is InChI=1S/C14H15ClFN3O3/c15-9-1-2-11(10(16)5-9)17-13(20)19-4-3-8-6-18(14(21)22)7-12(8)19/h1-2,5,8,12H,3-4,6-7H2,(H,17,20)(H,21,22)/t8-,12+/m1/s1. The molecule has 22 heavy (non-hydrogen) atoms. The normalized spacial score (nSPS) is 23.5. The maximum atomic E-state index is 13.7. The highest BCUT2D eigenvalue weighted by molar-refractivity contribution is 6.30. The van der Waals surface area contributed by atoms with Crippen molar-refractivity contribution in [3.63, 3.8) is 0 Å². The van der Waals surface area contributed by atoms with Gasteiger partial charge in [0, 0.05) is 30.6 Å². The van der Waals surface area contributed by atoms with E-state index in [2.05, 4.69) is 5.32 Å². The van der Waals surface area contributed by atoms with Crippen LogP contribution in [0.15, 0.2) is 18.2 Å². The van der Waals surface area contributed by atoms with Gasteiger partial charge in [0.25, 0.3) is 0 Å². The number of fused-ring (bicyclic) bond motifs is 1. The molecule has 2 fully saturated rings. The Morgan fingerprint density at radius 3 is 2.82 bits per heavy atom. The first-order chi connectivity index (χ1) is 10.5. The second kappa shape index (κ2) is 5.64. The van der Waals surface area contributed by atoms with Gasteiger partial charge in [0.05, 0.1) is 11.7 Å². The van der Waals surface area contributed by atoms with E-state index in [1.165, 1.54) is 17.0 Å². The van der Waals surface area contributed by atoms with E-state index < -0.39 is 17.9 Å². The van der Waals surface area contributed by atoms with Crippen LogP contribution >= 0.6 is 11.6 Å². The van der Waals surface area contributed by atoms with Crippen LogP contribution in [0.3, 0.4) is 0 Å². The molecule has 2 atom stereocenters. The molecule has 1 aromatic rings. The number of hydrogen-bond donors (Lipinski definition) is 2. The molecule has 2 heterocycles. The summed E-state index contributed by atoms with van der Waals surface area (Å²) in [6, 6.07) is 3.47. The molecule has 2 saturated heterocycles. The Kier molecular flexibility index (Phi) is 3.82. The third kappa shape index (κ3) is 2.68. The van der Waals surface area contributed by atoms with E-state index >= 15 is 0 Å². The molecule has 2 aliphatic heterocycles. The van der Waals surface area contributed by atoms with Crippen LogP contribution < -0.4 is 5.32 Å². The number of halogens is 2. The summed E-state index contributed by atoms with van der Waals surface area (Å²) in [6.07, 6.45) is -0.219. The fourth-order valence-corrected chi connectivity index (χ4v) is 3.31. The van der Waals surface area contributed by atoms with Gasteiger partial charge in [-0.05, 0) is 24.6 Å². The van der Waals surface area contributed by atoms with Crippen molar-refractivity contribution in [1.29, 1.82) is 0 Å². The Labute approximate surface area is 131 Å². The number of nitrogens with one attached hydrogen (secondary N) is 1. The first-order valence-electron chi connectivity index (χ1n) is 6.96.